The number of nitro groups is 1. The Labute approximate surface area is 152 Å². The van der Waals surface area contributed by atoms with E-state index < -0.39 is 4.92 Å². The van der Waals surface area contributed by atoms with E-state index in [2.05, 4.69) is 21.9 Å². The average Bonchev–Trinajstić information content (AvgIpc) is 2.69. The normalized spacial score (nSPS) is 14.9. The van der Waals surface area contributed by atoms with Gasteiger partial charge in [0, 0.05) is 44.5 Å². The van der Waals surface area contributed by atoms with Gasteiger partial charge in [-0.15, -0.1) is 0 Å². The first-order valence-electron chi connectivity index (χ1n) is 8.64. The zero-order valence-corrected chi connectivity index (χ0v) is 14.8. The molecule has 0 spiro atoms. The Morgan fingerprint density at radius 1 is 1.04 bits per heavy atom. The standard InChI is InChI=1S/C19H23N3O4/c1-25-18-7-5-16(6-8-18)21-11-9-20(10-12-21)13-14-26-19-4-2-3-17(15-19)22(23)24/h2-8,15H,9-14H2,1H3. The van der Waals surface area contributed by atoms with Crippen molar-refractivity contribution in [2.45, 2.75) is 0 Å². The van der Waals surface area contributed by atoms with Gasteiger partial charge in [0.25, 0.3) is 5.69 Å². The van der Waals surface area contributed by atoms with Gasteiger partial charge in [0.05, 0.1) is 18.1 Å². The van der Waals surface area contributed by atoms with Crippen molar-refractivity contribution in [2.24, 2.45) is 0 Å². The minimum Gasteiger partial charge on any atom is -0.497 e. The Kier molecular flexibility index (Phi) is 5.91. The first-order chi connectivity index (χ1) is 12.7. The summed E-state index contributed by atoms with van der Waals surface area (Å²) in [4.78, 5) is 15.1. The SMILES string of the molecule is COc1ccc(N2CCN(CCOc3cccc([N+](=O)[O-])c3)CC2)cc1. The van der Waals surface area contributed by atoms with Crippen molar-refractivity contribution in [1.82, 2.24) is 4.90 Å². The van der Waals surface area contributed by atoms with Crippen LogP contribution in [0.15, 0.2) is 48.5 Å². The summed E-state index contributed by atoms with van der Waals surface area (Å²) in [6.07, 6.45) is 0. The Bertz CT molecular complexity index is 728. The number of piperazine rings is 1. The Morgan fingerprint density at radius 3 is 2.42 bits per heavy atom. The molecule has 0 N–H and O–H groups in total. The highest BCUT2D eigenvalue weighted by Crippen LogP contribution is 2.21. The molecule has 0 amide bonds. The molecule has 0 atom stereocenters. The molecule has 0 bridgehead atoms. The van der Waals surface area contributed by atoms with Crippen LogP contribution in [0.5, 0.6) is 11.5 Å². The van der Waals surface area contributed by atoms with Gasteiger partial charge in [-0.2, -0.15) is 0 Å². The van der Waals surface area contributed by atoms with Crippen LogP contribution in [0.3, 0.4) is 0 Å². The fourth-order valence-electron chi connectivity index (χ4n) is 3.00. The molecule has 0 radical (unpaired) electrons. The van der Waals surface area contributed by atoms with Crippen molar-refractivity contribution < 1.29 is 14.4 Å². The van der Waals surface area contributed by atoms with Crippen molar-refractivity contribution in [1.29, 1.82) is 0 Å². The molecule has 0 saturated carbocycles. The summed E-state index contributed by atoms with van der Waals surface area (Å²) in [5.74, 6) is 1.40. The Balaban J connectivity index is 1.42. The number of nitrogens with zero attached hydrogens (tertiary/aromatic N) is 3. The van der Waals surface area contributed by atoms with Gasteiger partial charge >= 0.3 is 0 Å². The summed E-state index contributed by atoms with van der Waals surface area (Å²) in [5, 5.41) is 10.8. The zero-order chi connectivity index (χ0) is 18.4. The van der Waals surface area contributed by atoms with Gasteiger partial charge in [-0.05, 0) is 30.3 Å². The van der Waals surface area contributed by atoms with Crippen molar-refractivity contribution in [2.75, 3.05) is 51.3 Å². The summed E-state index contributed by atoms with van der Waals surface area (Å²) in [7, 11) is 1.67. The highest BCUT2D eigenvalue weighted by Gasteiger charge is 2.17. The van der Waals surface area contributed by atoms with Gasteiger partial charge in [-0.1, -0.05) is 6.07 Å². The molecule has 1 fully saturated rings. The number of non-ortho nitro benzene ring substituents is 1. The summed E-state index contributed by atoms with van der Waals surface area (Å²) >= 11 is 0. The first-order valence-corrected chi connectivity index (χ1v) is 8.64. The summed E-state index contributed by atoms with van der Waals surface area (Å²) in [6.45, 7) is 5.17. The quantitative estimate of drug-likeness (QED) is 0.561. The zero-order valence-electron chi connectivity index (χ0n) is 14.8. The predicted octanol–water partition coefficient (Wildman–Crippen LogP) is 2.80. The van der Waals surface area contributed by atoms with Crippen LogP contribution < -0.4 is 14.4 Å². The minimum absolute atomic E-state index is 0.0515. The lowest BCUT2D eigenvalue weighted by Crippen LogP contribution is -2.47. The van der Waals surface area contributed by atoms with Crippen LogP contribution in [0.25, 0.3) is 0 Å². The molecule has 138 valence electrons. The molecule has 3 rings (SSSR count). The van der Waals surface area contributed by atoms with E-state index in [4.69, 9.17) is 9.47 Å². The van der Waals surface area contributed by atoms with Crippen molar-refractivity contribution >= 4 is 11.4 Å². The summed E-state index contributed by atoms with van der Waals surface area (Å²) < 4.78 is 10.9. The molecule has 7 heteroatoms. The molecular formula is C19H23N3O4. The smallest absolute Gasteiger partial charge is 0.273 e. The number of hydrogen-bond donors (Lipinski definition) is 0. The number of ether oxygens (including phenoxy) is 2. The summed E-state index contributed by atoms with van der Waals surface area (Å²) in [6, 6.07) is 14.4. The molecule has 0 aliphatic carbocycles. The van der Waals surface area contributed by atoms with Crippen LogP contribution in [-0.2, 0) is 0 Å². The van der Waals surface area contributed by atoms with Gasteiger partial charge in [0.2, 0.25) is 0 Å². The molecule has 26 heavy (non-hydrogen) atoms. The third-order valence-corrected chi connectivity index (χ3v) is 4.51. The monoisotopic (exact) mass is 357 g/mol. The van der Waals surface area contributed by atoms with Crippen LogP contribution in [0.1, 0.15) is 0 Å². The molecular weight excluding hydrogens is 334 g/mol. The highest BCUT2D eigenvalue weighted by molar-refractivity contribution is 5.49. The third kappa shape index (κ3) is 4.64. The third-order valence-electron chi connectivity index (χ3n) is 4.51. The topological polar surface area (TPSA) is 68.1 Å². The van der Waals surface area contributed by atoms with Gasteiger partial charge in [-0.25, -0.2) is 0 Å². The number of anilines is 1. The number of nitro benzene ring substituents is 1. The van der Waals surface area contributed by atoms with Crippen LogP contribution in [0.2, 0.25) is 0 Å². The lowest BCUT2D eigenvalue weighted by molar-refractivity contribution is -0.384. The average molecular weight is 357 g/mol. The van der Waals surface area contributed by atoms with Gasteiger partial charge in [0.1, 0.15) is 18.1 Å². The molecule has 1 aliphatic heterocycles. The van der Waals surface area contributed by atoms with E-state index in [-0.39, 0.29) is 5.69 Å². The van der Waals surface area contributed by atoms with Gasteiger partial charge in [0.15, 0.2) is 0 Å². The first kappa shape index (κ1) is 18.0. The second-order valence-corrected chi connectivity index (χ2v) is 6.13. The van der Waals surface area contributed by atoms with E-state index in [1.807, 2.05) is 12.1 Å². The number of hydrogen-bond acceptors (Lipinski definition) is 6. The molecule has 1 heterocycles. The van der Waals surface area contributed by atoms with Crippen LogP contribution >= 0.6 is 0 Å². The van der Waals surface area contributed by atoms with E-state index in [9.17, 15) is 10.1 Å². The molecule has 1 saturated heterocycles. The molecule has 1 aliphatic rings. The van der Waals surface area contributed by atoms with E-state index in [0.29, 0.717) is 12.4 Å². The molecule has 0 unspecified atom stereocenters. The second kappa shape index (κ2) is 8.53. The maximum atomic E-state index is 10.8. The van der Waals surface area contributed by atoms with Crippen molar-refractivity contribution in [3.8, 4) is 11.5 Å². The molecule has 0 aromatic heterocycles. The number of benzene rings is 2. The molecule has 2 aromatic carbocycles. The van der Waals surface area contributed by atoms with Gasteiger partial charge < -0.3 is 14.4 Å². The second-order valence-electron chi connectivity index (χ2n) is 6.13. The van der Waals surface area contributed by atoms with Crippen LogP contribution in [0.4, 0.5) is 11.4 Å². The number of methoxy groups -OCH3 is 1. The number of rotatable bonds is 7. The van der Waals surface area contributed by atoms with Crippen molar-refractivity contribution in [3.05, 3.63) is 58.6 Å². The Hall–Kier alpha value is -2.80. The van der Waals surface area contributed by atoms with Crippen molar-refractivity contribution in [3.63, 3.8) is 0 Å². The minimum atomic E-state index is -0.411. The lowest BCUT2D eigenvalue weighted by Gasteiger charge is -2.36. The van der Waals surface area contributed by atoms with Crippen LogP contribution in [0, 0.1) is 10.1 Å². The lowest BCUT2D eigenvalue weighted by atomic mass is 10.2. The van der Waals surface area contributed by atoms with E-state index >= 15 is 0 Å². The highest BCUT2D eigenvalue weighted by atomic mass is 16.6. The van der Waals surface area contributed by atoms with Crippen LogP contribution in [-0.4, -0.2) is 56.3 Å². The Morgan fingerprint density at radius 2 is 1.77 bits per heavy atom. The maximum absolute atomic E-state index is 10.8. The fraction of sp³-hybridized carbons (Fsp3) is 0.368. The largest absolute Gasteiger partial charge is 0.497 e. The summed E-state index contributed by atoms with van der Waals surface area (Å²) in [5.41, 5.74) is 1.26. The predicted molar refractivity (Wildman–Crippen MR) is 100 cm³/mol. The molecule has 2 aromatic rings. The van der Waals surface area contributed by atoms with E-state index in [1.165, 1.54) is 17.8 Å². The fourth-order valence-corrected chi connectivity index (χ4v) is 3.00. The maximum Gasteiger partial charge on any atom is 0.273 e. The van der Waals surface area contributed by atoms with E-state index in [0.717, 1.165) is 38.5 Å². The van der Waals surface area contributed by atoms with Gasteiger partial charge in [-0.3, -0.25) is 15.0 Å². The molecule has 7 nitrogen and oxygen atoms in total. The van der Waals surface area contributed by atoms with E-state index in [1.54, 1.807) is 19.2 Å².